The Morgan fingerprint density at radius 2 is 2.09 bits per heavy atom. The van der Waals surface area contributed by atoms with Crippen LogP contribution in [-0.2, 0) is 11.3 Å². The Kier molecular flexibility index (Phi) is 4.37. The number of H-pyrrole nitrogens is 1. The topological polar surface area (TPSA) is 55.0 Å². The number of nitrogens with zero attached hydrogens (tertiary/aromatic N) is 1. The molecule has 1 aromatic heterocycles. The molecule has 1 heterocycles. The van der Waals surface area contributed by atoms with E-state index in [2.05, 4.69) is 9.97 Å². The van der Waals surface area contributed by atoms with Crippen molar-refractivity contribution in [1.82, 2.24) is 9.97 Å². The van der Waals surface area contributed by atoms with Gasteiger partial charge in [0.2, 0.25) is 0 Å². The quantitative estimate of drug-likeness (QED) is 0.937. The normalized spacial score (nSPS) is 14.6. The number of nitrogens with one attached hydrogen (secondary N) is 1. The Balaban J connectivity index is 1.95. The Hall–Kier alpha value is -2.69. The van der Waals surface area contributed by atoms with Crippen LogP contribution in [0.3, 0.4) is 0 Å². The highest BCUT2D eigenvalue weighted by Crippen LogP contribution is 2.32. The van der Waals surface area contributed by atoms with Crippen molar-refractivity contribution in [2.24, 2.45) is 0 Å². The van der Waals surface area contributed by atoms with Crippen LogP contribution in [0, 0.1) is 6.92 Å². The number of hydrogen-bond acceptors (Lipinski definition) is 3. The molecule has 1 aliphatic carbocycles. The zero-order chi connectivity index (χ0) is 16.2. The van der Waals surface area contributed by atoms with Gasteiger partial charge in [-0.2, -0.15) is 0 Å². The van der Waals surface area contributed by atoms with Gasteiger partial charge in [0.05, 0.1) is 0 Å². The zero-order valence-corrected chi connectivity index (χ0v) is 12.8. The van der Waals surface area contributed by atoms with Gasteiger partial charge in [-0.05, 0) is 31.4 Å². The number of hydrogen-bond donors (Lipinski definition) is 1. The second-order valence-corrected chi connectivity index (χ2v) is 5.41. The molecule has 118 valence electrons. The number of rotatable bonds is 4. The van der Waals surface area contributed by atoms with Crippen molar-refractivity contribution >= 4 is 5.57 Å². The fourth-order valence-electron chi connectivity index (χ4n) is 2.53. The molecule has 4 nitrogen and oxygen atoms in total. The minimum Gasteiger partial charge on any atom is -0.485 e. The summed E-state index contributed by atoms with van der Waals surface area (Å²) in [6.45, 7) is 2.00. The maximum Gasteiger partial charge on any atom is 0.251 e. The minimum absolute atomic E-state index is 0.161. The van der Waals surface area contributed by atoms with E-state index in [4.69, 9.17) is 4.74 Å². The van der Waals surface area contributed by atoms with E-state index in [0.29, 0.717) is 29.9 Å². The maximum absolute atomic E-state index is 14.2. The summed E-state index contributed by atoms with van der Waals surface area (Å²) >= 11 is 0. The molecule has 0 amide bonds. The van der Waals surface area contributed by atoms with Crippen molar-refractivity contribution in [3.63, 3.8) is 0 Å². The van der Waals surface area contributed by atoms with E-state index in [1.807, 2.05) is 30.3 Å². The lowest BCUT2D eigenvalue weighted by molar-refractivity contribution is 0.195. The van der Waals surface area contributed by atoms with Crippen LogP contribution in [0.5, 0.6) is 0 Å². The van der Waals surface area contributed by atoms with Gasteiger partial charge in [0, 0.05) is 17.3 Å². The summed E-state index contributed by atoms with van der Waals surface area (Å²) in [5, 5.41) is 0. The van der Waals surface area contributed by atoms with Crippen molar-refractivity contribution < 1.29 is 9.13 Å². The van der Waals surface area contributed by atoms with Gasteiger partial charge in [0.15, 0.2) is 11.6 Å². The Morgan fingerprint density at radius 3 is 2.83 bits per heavy atom. The van der Waals surface area contributed by atoms with Crippen molar-refractivity contribution in [3.05, 3.63) is 81.5 Å². The summed E-state index contributed by atoms with van der Waals surface area (Å²) < 4.78 is 19.9. The average Bonchev–Trinajstić information content (AvgIpc) is 2.53. The first-order valence-electron chi connectivity index (χ1n) is 7.48. The number of ether oxygens (including phenoxy) is 1. The molecule has 3 rings (SSSR count). The first-order chi connectivity index (χ1) is 11.1. The van der Waals surface area contributed by atoms with E-state index < -0.39 is 5.83 Å². The Labute approximate surface area is 133 Å². The standard InChI is InChI=1S/C18H17FN2O2/c1-12-10-16(22)21-18(20-12)14-8-5-9-15(19)17(14)23-11-13-6-3-2-4-7-13/h2-4,6-7,9-10H,5,8,11H2,1H3,(H,20,21,22). The highest BCUT2D eigenvalue weighted by atomic mass is 19.1. The molecule has 0 saturated carbocycles. The fraction of sp³-hybridized carbons (Fsp3) is 0.222. The third-order valence-corrected chi connectivity index (χ3v) is 3.59. The monoisotopic (exact) mass is 312 g/mol. The van der Waals surface area contributed by atoms with Crippen molar-refractivity contribution in [2.45, 2.75) is 26.4 Å². The van der Waals surface area contributed by atoms with Gasteiger partial charge < -0.3 is 9.72 Å². The largest absolute Gasteiger partial charge is 0.485 e. The number of halogens is 1. The molecule has 0 unspecified atom stereocenters. The molecule has 0 spiro atoms. The van der Waals surface area contributed by atoms with Crippen LogP contribution in [-0.4, -0.2) is 9.97 Å². The number of aromatic nitrogens is 2. The Bertz CT molecular complexity index is 822. The number of benzene rings is 1. The van der Waals surface area contributed by atoms with Crippen LogP contribution < -0.4 is 5.56 Å². The van der Waals surface area contributed by atoms with E-state index in [1.165, 1.54) is 12.1 Å². The lowest BCUT2D eigenvalue weighted by atomic mass is 10.0. The molecule has 2 aromatic rings. The fourth-order valence-corrected chi connectivity index (χ4v) is 2.53. The highest BCUT2D eigenvalue weighted by Gasteiger charge is 2.21. The summed E-state index contributed by atoms with van der Waals surface area (Å²) in [4.78, 5) is 18.6. The van der Waals surface area contributed by atoms with Crippen LogP contribution >= 0.6 is 0 Å². The highest BCUT2D eigenvalue weighted by molar-refractivity contribution is 5.67. The van der Waals surface area contributed by atoms with E-state index in [0.717, 1.165) is 5.56 Å². The summed E-state index contributed by atoms with van der Waals surface area (Å²) in [5.74, 6) is 0.126. The van der Waals surface area contributed by atoms with Crippen LogP contribution in [0.15, 0.2) is 58.9 Å². The first kappa shape index (κ1) is 15.2. The molecule has 1 N–H and O–H groups in total. The van der Waals surface area contributed by atoms with Gasteiger partial charge in [-0.3, -0.25) is 4.79 Å². The summed E-state index contributed by atoms with van der Waals surface area (Å²) in [5.41, 5.74) is 1.89. The van der Waals surface area contributed by atoms with E-state index in [9.17, 15) is 9.18 Å². The Morgan fingerprint density at radius 1 is 1.30 bits per heavy atom. The van der Waals surface area contributed by atoms with Crippen molar-refractivity contribution in [1.29, 1.82) is 0 Å². The van der Waals surface area contributed by atoms with Gasteiger partial charge in [-0.1, -0.05) is 30.3 Å². The molecule has 0 atom stereocenters. The molecule has 1 aliphatic rings. The van der Waals surface area contributed by atoms with Crippen molar-refractivity contribution in [3.8, 4) is 0 Å². The molecule has 0 saturated heterocycles. The molecule has 5 heteroatoms. The van der Waals surface area contributed by atoms with Gasteiger partial charge in [-0.15, -0.1) is 0 Å². The second kappa shape index (κ2) is 6.60. The van der Waals surface area contributed by atoms with Crippen LogP contribution in [0.25, 0.3) is 5.57 Å². The molecule has 0 aliphatic heterocycles. The van der Waals surface area contributed by atoms with Crippen LogP contribution in [0.1, 0.15) is 29.9 Å². The van der Waals surface area contributed by atoms with Gasteiger partial charge in [0.25, 0.3) is 5.56 Å². The average molecular weight is 312 g/mol. The predicted octanol–water partition coefficient (Wildman–Crippen LogP) is 3.65. The summed E-state index contributed by atoms with van der Waals surface area (Å²) in [7, 11) is 0. The van der Waals surface area contributed by atoms with Gasteiger partial charge in [-0.25, -0.2) is 9.37 Å². The SMILES string of the molecule is Cc1cc(=O)[nH]c(C2=C(OCc3ccccc3)C(F)=CCC2)n1. The minimum atomic E-state index is -0.411. The number of allylic oxidation sites excluding steroid dienone is 3. The van der Waals surface area contributed by atoms with Gasteiger partial charge in [0.1, 0.15) is 12.4 Å². The smallest absolute Gasteiger partial charge is 0.251 e. The van der Waals surface area contributed by atoms with Crippen molar-refractivity contribution in [2.75, 3.05) is 0 Å². The number of aromatic amines is 1. The molecule has 1 aromatic carbocycles. The molecular weight excluding hydrogens is 295 g/mol. The first-order valence-corrected chi connectivity index (χ1v) is 7.48. The molecule has 0 bridgehead atoms. The van der Waals surface area contributed by atoms with Crippen LogP contribution in [0.4, 0.5) is 4.39 Å². The van der Waals surface area contributed by atoms with E-state index in [1.54, 1.807) is 6.92 Å². The summed E-state index contributed by atoms with van der Waals surface area (Å²) in [6.07, 6.45) is 2.62. The maximum atomic E-state index is 14.2. The summed E-state index contributed by atoms with van der Waals surface area (Å²) in [6, 6.07) is 11.0. The predicted molar refractivity (Wildman–Crippen MR) is 86.2 cm³/mol. The second-order valence-electron chi connectivity index (χ2n) is 5.41. The zero-order valence-electron chi connectivity index (χ0n) is 12.8. The van der Waals surface area contributed by atoms with E-state index >= 15 is 0 Å². The molecule has 0 radical (unpaired) electrons. The lowest BCUT2D eigenvalue weighted by Crippen LogP contribution is -2.13. The molecule has 23 heavy (non-hydrogen) atoms. The molecular formula is C18H17FN2O2. The molecule has 0 fully saturated rings. The third kappa shape index (κ3) is 3.56. The van der Waals surface area contributed by atoms with E-state index in [-0.39, 0.29) is 17.9 Å². The van der Waals surface area contributed by atoms with Gasteiger partial charge >= 0.3 is 0 Å². The lowest BCUT2D eigenvalue weighted by Gasteiger charge is -2.18. The van der Waals surface area contributed by atoms with Crippen LogP contribution in [0.2, 0.25) is 0 Å². The third-order valence-electron chi connectivity index (χ3n) is 3.59. The number of aryl methyl sites for hydroxylation is 1.